The van der Waals surface area contributed by atoms with Crippen molar-refractivity contribution in [2.45, 2.75) is 25.3 Å². The summed E-state index contributed by atoms with van der Waals surface area (Å²) < 4.78 is 34.7. The fourth-order valence-corrected chi connectivity index (χ4v) is 4.32. The van der Waals surface area contributed by atoms with E-state index in [2.05, 4.69) is 9.82 Å². The average Bonchev–Trinajstić information content (AvgIpc) is 3.28. The Kier molecular flexibility index (Phi) is 5.75. The van der Waals surface area contributed by atoms with Crippen LogP contribution in [-0.2, 0) is 16.6 Å². The molecule has 0 aliphatic heterocycles. The van der Waals surface area contributed by atoms with Crippen LogP contribution in [0.15, 0.2) is 52.9 Å². The molecule has 2 aromatic heterocycles. The van der Waals surface area contributed by atoms with Crippen LogP contribution in [0.5, 0.6) is 5.75 Å². The van der Waals surface area contributed by atoms with E-state index in [1.54, 1.807) is 34.2 Å². The lowest BCUT2D eigenvalue weighted by Crippen LogP contribution is -2.27. The molecule has 0 bridgehead atoms. The number of ether oxygens (including phenoxy) is 1. The average molecular weight is 392 g/mol. The van der Waals surface area contributed by atoms with Gasteiger partial charge < -0.3 is 4.74 Å². The van der Waals surface area contributed by atoms with Crippen LogP contribution in [0, 0.1) is 6.92 Å². The van der Waals surface area contributed by atoms with E-state index < -0.39 is 10.0 Å². The zero-order chi connectivity index (χ0) is 18.6. The Balaban J connectivity index is 1.61. The molecule has 0 radical (unpaired) electrons. The van der Waals surface area contributed by atoms with E-state index in [1.165, 1.54) is 0 Å². The summed E-state index contributed by atoms with van der Waals surface area (Å²) in [6, 6.07) is 10.8. The Morgan fingerprint density at radius 1 is 1.27 bits per heavy atom. The molecule has 1 N–H and O–H groups in total. The predicted octanol–water partition coefficient (Wildman–Crippen LogP) is 3.30. The van der Waals surface area contributed by atoms with Gasteiger partial charge in [0.05, 0.1) is 22.9 Å². The maximum atomic E-state index is 12.5. The molecule has 3 rings (SSSR count). The summed E-state index contributed by atoms with van der Waals surface area (Å²) in [6.07, 6.45) is 1.85. The largest absolute Gasteiger partial charge is 0.494 e. The van der Waals surface area contributed by atoms with Crippen molar-refractivity contribution in [1.29, 1.82) is 0 Å². The first-order valence-corrected chi connectivity index (χ1v) is 10.7. The zero-order valence-corrected chi connectivity index (χ0v) is 16.3. The van der Waals surface area contributed by atoms with E-state index in [4.69, 9.17) is 4.74 Å². The van der Waals surface area contributed by atoms with Crippen LogP contribution in [-0.4, -0.2) is 31.3 Å². The quantitative estimate of drug-likeness (QED) is 0.639. The van der Waals surface area contributed by atoms with Crippen molar-refractivity contribution in [3.8, 4) is 16.3 Å². The molecule has 0 unspecified atom stereocenters. The number of rotatable bonds is 8. The van der Waals surface area contributed by atoms with Crippen LogP contribution < -0.4 is 9.46 Å². The third-order valence-electron chi connectivity index (χ3n) is 3.80. The highest BCUT2D eigenvalue weighted by molar-refractivity contribution is 7.89. The minimum absolute atomic E-state index is 0.234. The number of aromatic nitrogens is 2. The van der Waals surface area contributed by atoms with Gasteiger partial charge in [0.25, 0.3) is 0 Å². The van der Waals surface area contributed by atoms with Crippen LogP contribution in [0.2, 0.25) is 0 Å². The number of sulfonamides is 1. The van der Waals surface area contributed by atoms with Crippen LogP contribution in [0.25, 0.3) is 10.6 Å². The van der Waals surface area contributed by atoms with Gasteiger partial charge >= 0.3 is 0 Å². The first kappa shape index (κ1) is 18.6. The third-order valence-corrected chi connectivity index (χ3v) is 6.15. The van der Waals surface area contributed by atoms with Gasteiger partial charge in [-0.2, -0.15) is 5.10 Å². The number of nitrogens with one attached hydrogen (secondary N) is 1. The Morgan fingerprint density at radius 3 is 2.81 bits per heavy atom. The van der Waals surface area contributed by atoms with Gasteiger partial charge in [0, 0.05) is 12.7 Å². The lowest BCUT2D eigenvalue weighted by molar-refractivity contribution is 0.337. The van der Waals surface area contributed by atoms with Crippen molar-refractivity contribution in [2.24, 2.45) is 0 Å². The van der Waals surface area contributed by atoms with E-state index >= 15 is 0 Å². The molecule has 0 saturated carbocycles. The number of aryl methyl sites for hydroxylation is 1. The summed E-state index contributed by atoms with van der Waals surface area (Å²) in [5.74, 6) is 0.698. The Morgan fingerprint density at radius 2 is 2.12 bits per heavy atom. The summed E-state index contributed by atoms with van der Waals surface area (Å²) in [5.41, 5.74) is 1.69. The minimum atomic E-state index is -3.57. The first-order valence-electron chi connectivity index (χ1n) is 8.30. The third kappa shape index (κ3) is 4.32. The van der Waals surface area contributed by atoms with Gasteiger partial charge in [-0.05, 0) is 55.1 Å². The SMILES string of the molecule is CCOc1ccc(S(=O)(=O)NCCn2ccc(-c3cccs3)n2)cc1C. The molecule has 0 saturated heterocycles. The second-order valence-corrected chi connectivity index (χ2v) is 8.41. The highest BCUT2D eigenvalue weighted by Gasteiger charge is 2.15. The van der Waals surface area contributed by atoms with Crippen molar-refractivity contribution in [2.75, 3.05) is 13.2 Å². The number of thiophene rings is 1. The molecule has 0 aliphatic rings. The first-order chi connectivity index (χ1) is 12.5. The van der Waals surface area contributed by atoms with Crippen molar-refractivity contribution in [3.63, 3.8) is 0 Å². The number of nitrogens with zero attached hydrogens (tertiary/aromatic N) is 2. The molecule has 6 nitrogen and oxygen atoms in total. The highest BCUT2D eigenvalue weighted by Crippen LogP contribution is 2.23. The van der Waals surface area contributed by atoms with E-state index in [9.17, 15) is 8.42 Å². The minimum Gasteiger partial charge on any atom is -0.494 e. The van der Waals surface area contributed by atoms with Gasteiger partial charge in [0.1, 0.15) is 11.4 Å². The summed E-state index contributed by atoms with van der Waals surface area (Å²) in [7, 11) is -3.57. The molecule has 1 aromatic carbocycles. The molecule has 2 heterocycles. The highest BCUT2D eigenvalue weighted by atomic mass is 32.2. The Hall–Kier alpha value is -2.16. The number of hydrogen-bond donors (Lipinski definition) is 1. The number of benzene rings is 1. The van der Waals surface area contributed by atoms with Gasteiger partial charge in [0.15, 0.2) is 0 Å². The topological polar surface area (TPSA) is 73.2 Å². The molecule has 0 spiro atoms. The Bertz CT molecular complexity index is 963. The van der Waals surface area contributed by atoms with Crippen molar-refractivity contribution < 1.29 is 13.2 Å². The van der Waals surface area contributed by atoms with Gasteiger partial charge in [0.2, 0.25) is 10.0 Å². The molecular weight excluding hydrogens is 370 g/mol. The normalized spacial score (nSPS) is 11.6. The predicted molar refractivity (Wildman–Crippen MR) is 103 cm³/mol. The molecule has 0 atom stereocenters. The molecule has 0 fully saturated rings. The second-order valence-electron chi connectivity index (χ2n) is 5.70. The van der Waals surface area contributed by atoms with Crippen molar-refractivity contribution >= 4 is 21.4 Å². The lowest BCUT2D eigenvalue weighted by Gasteiger charge is -2.10. The van der Waals surface area contributed by atoms with Gasteiger partial charge in [-0.25, -0.2) is 13.1 Å². The fraction of sp³-hybridized carbons (Fsp3) is 0.278. The van der Waals surface area contributed by atoms with E-state index in [1.807, 2.05) is 43.6 Å². The molecule has 3 aromatic rings. The van der Waals surface area contributed by atoms with Gasteiger partial charge in [-0.1, -0.05) is 6.07 Å². The Labute approximate surface area is 157 Å². The monoisotopic (exact) mass is 391 g/mol. The van der Waals surface area contributed by atoms with E-state index in [-0.39, 0.29) is 11.4 Å². The summed E-state index contributed by atoms with van der Waals surface area (Å²) in [5, 5.41) is 6.47. The standard InChI is InChI=1S/C18H21N3O3S2/c1-3-24-17-7-6-15(13-14(17)2)26(22,23)19-9-11-21-10-8-16(20-21)18-5-4-12-25-18/h4-8,10,12-13,19H,3,9,11H2,1-2H3. The molecular formula is C18H21N3O3S2. The molecule has 0 amide bonds. The van der Waals surface area contributed by atoms with Crippen LogP contribution >= 0.6 is 11.3 Å². The van der Waals surface area contributed by atoms with E-state index in [0.29, 0.717) is 18.9 Å². The summed E-state index contributed by atoms with van der Waals surface area (Å²) in [6.45, 7) is 4.99. The molecule has 8 heteroatoms. The smallest absolute Gasteiger partial charge is 0.240 e. The van der Waals surface area contributed by atoms with Gasteiger partial charge in [-0.3, -0.25) is 4.68 Å². The lowest BCUT2D eigenvalue weighted by atomic mass is 10.2. The van der Waals surface area contributed by atoms with Crippen molar-refractivity contribution in [1.82, 2.24) is 14.5 Å². The second kappa shape index (κ2) is 8.03. The maximum absolute atomic E-state index is 12.5. The summed E-state index contributed by atoms with van der Waals surface area (Å²) in [4.78, 5) is 1.33. The van der Waals surface area contributed by atoms with Gasteiger partial charge in [-0.15, -0.1) is 11.3 Å². The summed E-state index contributed by atoms with van der Waals surface area (Å²) >= 11 is 1.62. The van der Waals surface area contributed by atoms with Crippen LogP contribution in [0.1, 0.15) is 12.5 Å². The fourth-order valence-electron chi connectivity index (χ4n) is 2.53. The van der Waals surface area contributed by atoms with E-state index in [0.717, 1.165) is 16.1 Å². The van der Waals surface area contributed by atoms with Crippen LogP contribution in [0.3, 0.4) is 0 Å². The molecule has 0 aliphatic carbocycles. The number of hydrogen-bond acceptors (Lipinski definition) is 5. The van der Waals surface area contributed by atoms with Crippen LogP contribution in [0.4, 0.5) is 0 Å². The molecule has 138 valence electrons. The maximum Gasteiger partial charge on any atom is 0.240 e. The zero-order valence-electron chi connectivity index (χ0n) is 14.7. The molecule has 26 heavy (non-hydrogen) atoms. The van der Waals surface area contributed by atoms with Crippen molar-refractivity contribution in [3.05, 3.63) is 53.5 Å².